The first-order valence-corrected chi connectivity index (χ1v) is 7.37. The monoisotopic (exact) mass is 284 g/mol. The highest BCUT2D eigenvalue weighted by Crippen LogP contribution is 2.24. The van der Waals surface area contributed by atoms with E-state index in [0.29, 0.717) is 5.02 Å². The van der Waals surface area contributed by atoms with Gasteiger partial charge in [0, 0.05) is 11.6 Å². The van der Waals surface area contributed by atoms with E-state index in [2.05, 4.69) is 10.2 Å². The molecule has 1 saturated heterocycles. The number of hydrogen-bond donors (Lipinski definition) is 1. The molecule has 0 atom stereocenters. The Morgan fingerprint density at radius 1 is 1.37 bits per heavy atom. The van der Waals surface area contributed by atoms with Gasteiger partial charge in [0.25, 0.3) is 0 Å². The van der Waals surface area contributed by atoms with Gasteiger partial charge in [0.1, 0.15) is 5.82 Å². The van der Waals surface area contributed by atoms with Gasteiger partial charge in [-0.05, 0) is 69.6 Å². The van der Waals surface area contributed by atoms with E-state index in [-0.39, 0.29) is 5.82 Å². The summed E-state index contributed by atoms with van der Waals surface area (Å²) in [5, 5.41) is 3.75. The molecule has 2 rings (SSSR count). The lowest BCUT2D eigenvalue weighted by atomic mass is 9.93. The van der Waals surface area contributed by atoms with Gasteiger partial charge in [-0.15, -0.1) is 0 Å². The molecule has 106 valence electrons. The Hall–Kier alpha value is -0.640. The second-order valence-corrected chi connectivity index (χ2v) is 5.75. The molecule has 0 bridgehead atoms. The van der Waals surface area contributed by atoms with Crippen molar-refractivity contribution in [3.05, 3.63) is 34.6 Å². The number of rotatable bonds is 5. The van der Waals surface area contributed by atoms with Crippen LogP contribution in [0.2, 0.25) is 5.02 Å². The van der Waals surface area contributed by atoms with Crippen LogP contribution in [0.15, 0.2) is 18.2 Å². The summed E-state index contributed by atoms with van der Waals surface area (Å²) in [6, 6.07) is 4.68. The maximum absolute atomic E-state index is 13.0. The molecule has 1 heterocycles. The normalized spacial score (nSPS) is 17.8. The van der Waals surface area contributed by atoms with Crippen LogP contribution in [0, 0.1) is 11.7 Å². The lowest BCUT2D eigenvalue weighted by molar-refractivity contribution is 0.172. The predicted octanol–water partition coefficient (Wildman–Crippen LogP) is 3.30. The molecule has 0 unspecified atom stereocenters. The molecule has 19 heavy (non-hydrogen) atoms. The molecular formula is C15H22ClFN2. The molecule has 0 spiro atoms. The zero-order valence-corrected chi connectivity index (χ0v) is 12.2. The minimum absolute atomic E-state index is 0.264. The molecular weight excluding hydrogens is 263 g/mol. The lowest BCUT2D eigenvalue weighted by Gasteiger charge is -2.32. The number of benzene rings is 1. The molecule has 1 aliphatic rings. The van der Waals surface area contributed by atoms with Crippen molar-refractivity contribution in [1.29, 1.82) is 0 Å². The SMILES string of the molecule is CNCCC1CCN(Cc2ccc(F)cc2Cl)CC1. The first-order chi connectivity index (χ1) is 9.19. The van der Waals surface area contributed by atoms with Gasteiger partial charge < -0.3 is 5.32 Å². The Morgan fingerprint density at radius 3 is 2.74 bits per heavy atom. The fourth-order valence-electron chi connectivity index (χ4n) is 2.67. The van der Waals surface area contributed by atoms with E-state index in [0.717, 1.165) is 37.7 Å². The van der Waals surface area contributed by atoms with Gasteiger partial charge in [-0.3, -0.25) is 4.90 Å². The average molecular weight is 285 g/mol. The minimum Gasteiger partial charge on any atom is -0.320 e. The summed E-state index contributed by atoms with van der Waals surface area (Å²) in [7, 11) is 2.01. The van der Waals surface area contributed by atoms with Crippen LogP contribution in [0.5, 0.6) is 0 Å². The number of nitrogens with zero attached hydrogens (tertiary/aromatic N) is 1. The summed E-state index contributed by atoms with van der Waals surface area (Å²) in [5.41, 5.74) is 1.02. The fourth-order valence-corrected chi connectivity index (χ4v) is 2.90. The second kappa shape index (κ2) is 7.22. The summed E-state index contributed by atoms with van der Waals surface area (Å²) in [4.78, 5) is 2.41. The molecule has 0 radical (unpaired) electrons. The lowest BCUT2D eigenvalue weighted by Crippen LogP contribution is -2.34. The van der Waals surface area contributed by atoms with Crippen LogP contribution < -0.4 is 5.32 Å². The Kier molecular flexibility index (Phi) is 5.61. The average Bonchev–Trinajstić information content (AvgIpc) is 2.41. The van der Waals surface area contributed by atoms with Gasteiger partial charge in [-0.25, -0.2) is 4.39 Å². The van der Waals surface area contributed by atoms with Crippen LogP contribution in [-0.2, 0) is 6.54 Å². The molecule has 1 aliphatic heterocycles. The van der Waals surface area contributed by atoms with Crippen molar-refractivity contribution in [1.82, 2.24) is 10.2 Å². The molecule has 1 N–H and O–H groups in total. The summed E-state index contributed by atoms with van der Waals surface area (Å²) in [6.07, 6.45) is 3.77. The molecule has 0 aliphatic carbocycles. The molecule has 2 nitrogen and oxygen atoms in total. The Labute approximate surface area is 119 Å². The van der Waals surface area contributed by atoms with Gasteiger partial charge in [0.05, 0.1) is 0 Å². The molecule has 1 aromatic carbocycles. The number of halogens is 2. The van der Waals surface area contributed by atoms with Gasteiger partial charge in [-0.2, -0.15) is 0 Å². The van der Waals surface area contributed by atoms with Gasteiger partial charge in [0.15, 0.2) is 0 Å². The second-order valence-electron chi connectivity index (χ2n) is 5.35. The predicted molar refractivity (Wildman–Crippen MR) is 78.0 cm³/mol. The summed E-state index contributed by atoms with van der Waals surface area (Å²) in [6.45, 7) is 4.16. The molecule has 1 aromatic rings. The van der Waals surface area contributed by atoms with Crippen LogP contribution in [-0.4, -0.2) is 31.6 Å². The Morgan fingerprint density at radius 2 is 2.11 bits per heavy atom. The Bertz CT molecular complexity index is 403. The zero-order chi connectivity index (χ0) is 13.7. The van der Waals surface area contributed by atoms with Crippen LogP contribution in [0.4, 0.5) is 4.39 Å². The van der Waals surface area contributed by atoms with Crippen molar-refractivity contribution >= 4 is 11.6 Å². The standard InChI is InChI=1S/C15H22ClFN2/c1-18-7-4-12-5-8-19(9-6-12)11-13-2-3-14(17)10-15(13)16/h2-3,10,12,18H,4-9,11H2,1H3. The van der Waals surface area contributed by atoms with Crippen LogP contribution >= 0.6 is 11.6 Å². The maximum atomic E-state index is 13.0. The number of hydrogen-bond acceptors (Lipinski definition) is 2. The molecule has 0 amide bonds. The molecule has 0 saturated carbocycles. The van der Waals surface area contributed by atoms with Gasteiger partial charge in [-0.1, -0.05) is 17.7 Å². The van der Waals surface area contributed by atoms with Crippen molar-refractivity contribution in [2.45, 2.75) is 25.8 Å². The topological polar surface area (TPSA) is 15.3 Å². The third-order valence-corrected chi connectivity index (χ3v) is 4.27. The van der Waals surface area contributed by atoms with Crippen LogP contribution in [0.3, 0.4) is 0 Å². The highest BCUT2D eigenvalue weighted by Gasteiger charge is 2.19. The van der Waals surface area contributed by atoms with Gasteiger partial charge >= 0.3 is 0 Å². The quantitative estimate of drug-likeness (QED) is 0.892. The van der Waals surface area contributed by atoms with E-state index in [4.69, 9.17) is 11.6 Å². The van der Waals surface area contributed by atoms with E-state index < -0.39 is 0 Å². The molecule has 1 fully saturated rings. The van der Waals surface area contributed by atoms with E-state index in [1.807, 2.05) is 7.05 Å². The molecule has 4 heteroatoms. The highest BCUT2D eigenvalue weighted by atomic mass is 35.5. The first-order valence-electron chi connectivity index (χ1n) is 7.00. The number of piperidine rings is 1. The third kappa shape index (κ3) is 4.44. The van der Waals surface area contributed by atoms with Crippen molar-refractivity contribution in [3.63, 3.8) is 0 Å². The summed E-state index contributed by atoms with van der Waals surface area (Å²) < 4.78 is 13.0. The van der Waals surface area contributed by atoms with Gasteiger partial charge in [0.2, 0.25) is 0 Å². The third-order valence-electron chi connectivity index (χ3n) is 3.92. The highest BCUT2D eigenvalue weighted by molar-refractivity contribution is 6.31. The largest absolute Gasteiger partial charge is 0.320 e. The van der Waals surface area contributed by atoms with Crippen molar-refractivity contribution in [3.8, 4) is 0 Å². The van der Waals surface area contributed by atoms with Crippen molar-refractivity contribution < 1.29 is 4.39 Å². The Balaban J connectivity index is 1.82. The fraction of sp³-hybridized carbons (Fsp3) is 0.600. The van der Waals surface area contributed by atoms with Crippen molar-refractivity contribution in [2.75, 3.05) is 26.7 Å². The summed E-state index contributed by atoms with van der Waals surface area (Å²) >= 11 is 6.07. The smallest absolute Gasteiger partial charge is 0.124 e. The number of nitrogens with one attached hydrogen (secondary N) is 1. The van der Waals surface area contributed by atoms with Crippen LogP contribution in [0.1, 0.15) is 24.8 Å². The van der Waals surface area contributed by atoms with Crippen LogP contribution in [0.25, 0.3) is 0 Å². The first kappa shape index (κ1) is 14.8. The van der Waals surface area contributed by atoms with E-state index in [1.165, 1.54) is 31.4 Å². The van der Waals surface area contributed by atoms with E-state index in [1.54, 1.807) is 6.07 Å². The number of likely N-dealkylation sites (tertiary alicyclic amines) is 1. The minimum atomic E-state index is -0.264. The maximum Gasteiger partial charge on any atom is 0.124 e. The zero-order valence-electron chi connectivity index (χ0n) is 11.5. The van der Waals surface area contributed by atoms with E-state index >= 15 is 0 Å². The van der Waals surface area contributed by atoms with Crippen molar-refractivity contribution in [2.24, 2.45) is 5.92 Å². The van der Waals surface area contributed by atoms with E-state index in [9.17, 15) is 4.39 Å². The molecule has 0 aromatic heterocycles. The summed E-state index contributed by atoms with van der Waals surface area (Å²) in [5.74, 6) is 0.576.